The molecule has 0 fully saturated rings. The fraction of sp³-hybridized carbons (Fsp3) is 0.333. The normalized spacial score (nSPS) is 12.9. The molecule has 0 aliphatic carbocycles. The molecule has 90 valence electrons. The quantitative estimate of drug-likeness (QED) is 0.848. The lowest BCUT2D eigenvalue weighted by Gasteiger charge is -2.19. The van der Waals surface area contributed by atoms with Crippen molar-refractivity contribution in [2.45, 2.75) is 13.0 Å². The summed E-state index contributed by atoms with van der Waals surface area (Å²) in [7, 11) is 4.05. The smallest absolute Gasteiger partial charge is 0.199 e. The Balaban J connectivity index is 2.55. The number of nitrogens with one attached hydrogen (secondary N) is 1. The predicted octanol–water partition coefficient (Wildman–Crippen LogP) is 2.55. The second kappa shape index (κ2) is 4.81. The molecule has 1 aromatic carbocycles. The molecule has 17 heavy (non-hydrogen) atoms. The minimum Gasteiger partial charge on any atom is -0.300 e. The third-order valence-corrected chi connectivity index (χ3v) is 3.13. The van der Waals surface area contributed by atoms with Gasteiger partial charge in [0.25, 0.3) is 0 Å². The van der Waals surface area contributed by atoms with Gasteiger partial charge in [-0.25, -0.2) is 0 Å². The van der Waals surface area contributed by atoms with Crippen LogP contribution in [-0.4, -0.2) is 33.8 Å². The van der Waals surface area contributed by atoms with Gasteiger partial charge in [0.2, 0.25) is 0 Å². The van der Waals surface area contributed by atoms with Crippen molar-refractivity contribution < 1.29 is 0 Å². The van der Waals surface area contributed by atoms with Gasteiger partial charge < -0.3 is 0 Å². The molecule has 1 aromatic heterocycles. The van der Waals surface area contributed by atoms with Crippen LogP contribution in [-0.2, 0) is 0 Å². The van der Waals surface area contributed by atoms with Crippen molar-refractivity contribution in [3.8, 4) is 5.69 Å². The molecular formula is C12H16N4S. The van der Waals surface area contributed by atoms with Crippen LogP contribution in [0.1, 0.15) is 18.8 Å². The van der Waals surface area contributed by atoms with E-state index in [9.17, 15) is 0 Å². The fourth-order valence-corrected chi connectivity index (χ4v) is 1.89. The van der Waals surface area contributed by atoms with Crippen LogP contribution in [0, 0.1) is 4.77 Å². The maximum atomic E-state index is 5.29. The first-order valence-corrected chi connectivity index (χ1v) is 5.91. The van der Waals surface area contributed by atoms with Crippen molar-refractivity contribution in [1.82, 2.24) is 19.7 Å². The number of para-hydroxylation sites is 1. The van der Waals surface area contributed by atoms with Crippen LogP contribution in [0.5, 0.6) is 0 Å². The topological polar surface area (TPSA) is 36.9 Å². The monoisotopic (exact) mass is 248 g/mol. The Kier molecular flexibility index (Phi) is 3.40. The Morgan fingerprint density at radius 2 is 1.94 bits per heavy atom. The van der Waals surface area contributed by atoms with Crippen molar-refractivity contribution in [1.29, 1.82) is 0 Å². The minimum absolute atomic E-state index is 0.197. The summed E-state index contributed by atoms with van der Waals surface area (Å²) in [4.78, 5) is 2.10. The van der Waals surface area contributed by atoms with E-state index in [4.69, 9.17) is 12.2 Å². The highest BCUT2D eigenvalue weighted by Crippen LogP contribution is 2.19. The molecule has 0 aliphatic rings. The van der Waals surface area contributed by atoms with Gasteiger partial charge in [0.15, 0.2) is 10.6 Å². The molecule has 1 heterocycles. The first-order chi connectivity index (χ1) is 8.11. The van der Waals surface area contributed by atoms with Crippen LogP contribution in [0.15, 0.2) is 30.3 Å². The number of rotatable bonds is 3. The van der Waals surface area contributed by atoms with Gasteiger partial charge in [-0.1, -0.05) is 18.2 Å². The van der Waals surface area contributed by atoms with Crippen LogP contribution in [0.25, 0.3) is 5.69 Å². The highest BCUT2D eigenvalue weighted by atomic mass is 32.1. The molecule has 2 aromatic rings. The summed E-state index contributed by atoms with van der Waals surface area (Å²) in [6.07, 6.45) is 0. The van der Waals surface area contributed by atoms with E-state index in [-0.39, 0.29) is 6.04 Å². The average Bonchev–Trinajstić information content (AvgIpc) is 2.71. The van der Waals surface area contributed by atoms with Crippen molar-refractivity contribution >= 4 is 12.2 Å². The fourth-order valence-electron chi connectivity index (χ4n) is 1.65. The third kappa shape index (κ3) is 2.30. The molecule has 4 nitrogen and oxygen atoms in total. The number of nitrogens with zero attached hydrogens (tertiary/aromatic N) is 3. The molecular weight excluding hydrogens is 232 g/mol. The van der Waals surface area contributed by atoms with Crippen molar-refractivity contribution in [3.63, 3.8) is 0 Å². The Morgan fingerprint density at radius 3 is 2.53 bits per heavy atom. The van der Waals surface area contributed by atoms with E-state index in [0.717, 1.165) is 11.5 Å². The van der Waals surface area contributed by atoms with Gasteiger partial charge in [0.05, 0.1) is 6.04 Å². The summed E-state index contributed by atoms with van der Waals surface area (Å²) in [5.74, 6) is 0.922. The Hall–Kier alpha value is -1.46. The first-order valence-electron chi connectivity index (χ1n) is 5.50. The number of hydrogen-bond donors (Lipinski definition) is 1. The second-order valence-electron chi connectivity index (χ2n) is 4.20. The lowest BCUT2D eigenvalue weighted by atomic mass is 10.2. The zero-order valence-corrected chi connectivity index (χ0v) is 11.0. The van der Waals surface area contributed by atoms with Gasteiger partial charge in [-0.05, 0) is 45.4 Å². The zero-order valence-electron chi connectivity index (χ0n) is 10.2. The van der Waals surface area contributed by atoms with Gasteiger partial charge in [-0.15, -0.1) is 0 Å². The summed E-state index contributed by atoms with van der Waals surface area (Å²) >= 11 is 5.29. The van der Waals surface area contributed by atoms with Crippen LogP contribution in [0.2, 0.25) is 0 Å². The molecule has 0 saturated carbocycles. The lowest BCUT2D eigenvalue weighted by molar-refractivity contribution is 0.305. The van der Waals surface area contributed by atoms with E-state index in [1.165, 1.54) is 0 Å². The van der Waals surface area contributed by atoms with Crippen LogP contribution in [0.4, 0.5) is 0 Å². The van der Waals surface area contributed by atoms with Gasteiger partial charge in [-0.2, -0.15) is 5.10 Å². The first kappa shape index (κ1) is 12.0. The second-order valence-corrected chi connectivity index (χ2v) is 4.58. The maximum absolute atomic E-state index is 5.29. The van der Waals surface area contributed by atoms with Crippen molar-refractivity contribution in [2.24, 2.45) is 0 Å². The summed E-state index contributed by atoms with van der Waals surface area (Å²) in [6, 6.07) is 10.2. The average molecular weight is 248 g/mol. The number of aromatic amines is 1. The van der Waals surface area contributed by atoms with E-state index in [1.54, 1.807) is 0 Å². The van der Waals surface area contributed by atoms with Crippen molar-refractivity contribution in [3.05, 3.63) is 40.9 Å². The molecule has 0 saturated heterocycles. The standard InChI is InChI=1S/C12H16N4S/c1-9(15(2)3)11-13-14-12(17)16(11)10-7-5-4-6-8-10/h4-9H,1-3H3,(H,14,17)/t9-/m0/s1. The van der Waals surface area contributed by atoms with Gasteiger partial charge >= 0.3 is 0 Å². The van der Waals surface area contributed by atoms with E-state index in [1.807, 2.05) is 49.0 Å². The van der Waals surface area contributed by atoms with E-state index < -0.39 is 0 Å². The molecule has 1 atom stereocenters. The van der Waals surface area contributed by atoms with Gasteiger partial charge in [0.1, 0.15) is 0 Å². The molecule has 0 amide bonds. The molecule has 0 bridgehead atoms. The van der Waals surface area contributed by atoms with Gasteiger partial charge in [0, 0.05) is 5.69 Å². The number of benzene rings is 1. The molecule has 5 heteroatoms. The number of H-pyrrole nitrogens is 1. The number of hydrogen-bond acceptors (Lipinski definition) is 3. The number of aromatic nitrogens is 3. The molecule has 0 radical (unpaired) electrons. The minimum atomic E-state index is 0.197. The molecule has 0 spiro atoms. The summed E-state index contributed by atoms with van der Waals surface area (Å²) in [6.45, 7) is 2.10. The third-order valence-electron chi connectivity index (χ3n) is 2.86. The molecule has 0 unspecified atom stereocenters. The van der Waals surface area contributed by atoms with Crippen molar-refractivity contribution in [2.75, 3.05) is 14.1 Å². The molecule has 0 aliphatic heterocycles. The summed E-state index contributed by atoms with van der Waals surface area (Å²) in [5.41, 5.74) is 1.04. The lowest BCUT2D eigenvalue weighted by Crippen LogP contribution is -2.20. The Bertz CT molecular complexity index is 541. The van der Waals surface area contributed by atoms with Crippen LogP contribution >= 0.6 is 12.2 Å². The Labute approximate surface area is 106 Å². The molecule has 2 rings (SSSR count). The predicted molar refractivity (Wildman–Crippen MR) is 70.9 cm³/mol. The van der Waals surface area contributed by atoms with E-state index in [2.05, 4.69) is 22.0 Å². The van der Waals surface area contributed by atoms with Gasteiger partial charge in [-0.3, -0.25) is 14.6 Å². The van der Waals surface area contributed by atoms with Crippen LogP contribution < -0.4 is 0 Å². The molecule has 1 N–H and O–H groups in total. The summed E-state index contributed by atoms with van der Waals surface area (Å²) < 4.78 is 2.60. The van der Waals surface area contributed by atoms with E-state index in [0.29, 0.717) is 4.77 Å². The largest absolute Gasteiger partial charge is 0.300 e. The van der Waals surface area contributed by atoms with Crippen LogP contribution in [0.3, 0.4) is 0 Å². The maximum Gasteiger partial charge on any atom is 0.199 e. The highest BCUT2D eigenvalue weighted by molar-refractivity contribution is 7.71. The SMILES string of the molecule is C[C@@H](c1n[nH]c(=S)n1-c1ccccc1)N(C)C. The van der Waals surface area contributed by atoms with E-state index >= 15 is 0 Å². The summed E-state index contributed by atoms with van der Waals surface area (Å²) in [5, 5.41) is 7.18. The highest BCUT2D eigenvalue weighted by Gasteiger charge is 2.16. The Morgan fingerprint density at radius 1 is 1.29 bits per heavy atom. The zero-order chi connectivity index (χ0) is 12.4.